The summed E-state index contributed by atoms with van der Waals surface area (Å²) in [5.41, 5.74) is 2.80. The number of aromatic nitrogens is 1. The summed E-state index contributed by atoms with van der Waals surface area (Å²) < 4.78 is 1.81. The average Bonchev–Trinajstić information content (AvgIpc) is 2.43. The predicted molar refractivity (Wildman–Crippen MR) is 48.7 cm³/mol. The Balaban J connectivity index is 2.56. The number of hydrogen-bond acceptors (Lipinski definition) is 2. The third kappa shape index (κ3) is 1.20. The molecule has 0 fully saturated rings. The van der Waals surface area contributed by atoms with Gasteiger partial charge in [-0.1, -0.05) is 0 Å². The molecule has 0 radical (unpaired) electrons. The average molecular weight is 179 g/mol. The molecule has 0 spiro atoms. The predicted octanol–water partition coefficient (Wildman–Crippen LogP) is 1.27. The summed E-state index contributed by atoms with van der Waals surface area (Å²) >= 11 is 0. The molecule has 0 saturated carbocycles. The zero-order valence-corrected chi connectivity index (χ0v) is 7.71. The largest absolute Gasteiger partial charge is 0.376 e. The number of Topliss-reactive ketones (excluding diaryl/α,β-unsaturated/α-hetero) is 1. The van der Waals surface area contributed by atoms with Gasteiger partial charge in [0.1, 0.15) is 6.73 Å². The summed E-state index contributed by atoms with van der Waals surface area (Å²) in [4.78, 5) is 11.5. The second kappa shape index (κ2) is 3.00. The van der Waals surface area contributed by atoms with E-state index in [0.29, 0.717) is 6.42 Å². The first-order chi connectivity index (χ1) is 6.24. The van der Waals surface area contributed by atoms with Crippen LogP contribution in [0.3, 0.4) is 0 Å². The van der Waals surface area contributed by atoms with Gasteiger partial charge in [0, 0.05) is 23.4 Å². The lowest BCUT2D eigenvalue weighted by Gasteiger charge is -2.13. The molecule has 0 atom stereocenters. The highest BCUT2D eigenvalue weighted by molar-refractivity contribution is 5.98. The Bertz CT molecular complexity index is 352. The fourth-order valence-corrected chi connectivity index (χ4v) is 1.99. The summed E-state index contributed by atoms with van der Waals surface area (Å²) in [7, 11) is 0. The molecule has 1 heterocycles. The molecule has 1 aliphatic carbocycles. The first-order valence-electron chi connectivity index (χ1n) is 4.57. The first kappa shape index (κ1) is 8.51. The second-order valence-corrected chi connectivity index (χ2v) is 3.49. The van der Waals surface area contributed by atoms with Gasteiger partial charge in [-0.3, -0.25) is 4.79 Å². The van der Waals surface area contributed by atoms with Crippen molar-refractivity contribution in [3.8, 4) is 0 Å². The van der Waals surface area contributed by atoms with Crippen LogP contribution in [0.25, 0.3) is 0 Å². The van der Waals surface area contributed by atoms with Gasteiger partial charge in [0.25, 0.3) is 0 Å². The number of rotatable bonds is 1. The molecule has 0 saturated heterocycles. The fraction of sp³-hybridized carbons (Fsp3) is 0.500. The molecule has 0 aromatic carbocycles. The van der Waals surface area contributed by atoms with Gasteiger partial charge >= 0.3 is 0 Å². The third-order valence-electron chi connectivity index (χ3n) is 2.67. The molecule has 1 aliphatic rings. The van der Waals surface area contributed by atoms with Crippen molar-refractivity contribution in [2.24, 2.45) is 0 Å². The van der Waals surface area contributed by atoms with Crippen molar-refractivity contribution in [3.05, 3.63) is 23.0 Å². The monoisotopic (exact) mass is 179 g/mol. The number of aliphatic hydroxyl groups is 1. The number of ketones is 1. The van der Waals surface area contributed by atoms with E-state index in [1.165, 1.54) is 0 Å². The van der Waals surface area contributed by atoms with E-state index >= 15 is 0 Å². The quantitative estimate of drug-likeness (QED) is 0.705. The molecule has 0 aliphatic heterocycles. The lowest BCUT2D eigenvalue weighted by molar-refractivity contribution is 0.0970. The fourth-order valence-electron chi connectivity index (χ4n) is 1.99. The lowest BCUT2D eigenvalue weighted by Crippen LogP contribution is -2.13. The molecule has 1 aromatic rings. The van der Waals surface area contributed by atoms with Crippen LogP contribution in [0.2, 0.25) is 0 Å². The van der Waals surface area contributed by atoms with Crippen LogP contribution >= 0.6 is 0 Å². The van der Waals surface area contributed by atoms with Crippen molar-refractivity contribution in [2.75, 3.05) is 0 Å². The van der Waals surface area contributed by atoms with E-state index in [2.05, 4.69) is 0 Å². The highest BCUT2D eigenvalue weighted by atomic mass is 16.3. The van der Waals surface area contributed by atoms with E-state index < -0.39 is 0 Å². The van der Waals surface area contributed by atoms with Crippen LogP contribution in [0.5, 0.6) is 0 Å². The van der Waals surface area contributed by atoms with Crippen molar-refractivity contribution < 1.29 is 9.90 Å². The van der Waals surface area contributed by atoms with Crippen molar-refractivity contribution in [1.29, 1.82) is 0 Å². The van der Waals surface area contributed by atoms with E-state index in [4.69, 9.17) is 5.11 Å². The van der Waals surface area contributed by atoms with Crippen LogP contribution in [0.4, 0.5) is 0 Å². The van der Waals surface area contributed by atoms with E-state index in [1.807, 2.05) is 17.6 Å². The molecule has 1 N–H and O–H groups in total. The number of aliphatic hydroxyl groups excluding tert-OH is 1. The maximum atomic E-state index is 11.5. The van der Waals surface area contributed by atoms with Crippen molar-refractivity contribution >= 4 is 5.78 Å². The van der Waals surface area contributed by atoms with Crippen LogP contribution in [0, 0.1) is 6.92 Å². The molecular formula is C10H13NO2. The van der Waals surface area contributed by atoms with Gasteiger partial charge in [-0.05, 0) is 25.8 Å². The molecule has 13 heavy (non-hydrogen) atoms. The number of fused-ring (bicyclic) bond motifs is 1. The zero-order chi connectivity index (χ0) is 9.42. The molecule has 3 nitrogen and oxygen atoms in total. The SMILES string of the molecule is Cc1cc2c(n1CO)CCCC2=O. The van der Waals surface area contributed by atoms with Gasteiger partial charge in [0.15, 0.2) is 5.78 Å². The van der Waals surface area contributed by atoms with Gasteiger partial charge < -0.3 is 9.67 Å². The highest BCUT2D eigenvalue weighted by Gasteiger charge is 2.21. The maximum Gasteiger partial charge on any atom is 0.164 e. The van der Waals surface area contributed by atoms with Crippen molar-refractivity contribution in [1.82, 2.24) is 4.57 Å². The third-order valence-corrected chi connectivity index (χ3v) is 2.67. The summed E-state index contributed by atoms with van der Waals surface area (Å²) in [5, 5.41) is 9.10. The van der Waals surface area contributed by atoms with Crippen LogP contribution in [-0.4, -0.2) is 15.5 Å². The molecule has 0 bridgehead atoms. The minimum Gasteiger partial charge on any atom is -0.376 e. The topological polar surface area (TPSA) is 42.2 Å². The van der Waals surface area contributed by atoms with Crippen molar-refractivity contribution in [3.63, 3.8) is 0 Å². The number of carbonyl (C=O) groups excluding carboxylic acids is 1. The highest BCUT2D eigenvalue weighted by Crippen LogP contribution is 2.24. The number of hydrogen-bond donors (Lipinski definition) is 1. The van der Waals surface area contributed by atoms with Crippen LogP contribution in [0.15, 0.2) is 6.07 Å². The Labute approximate surface area is 77.0 Å². The zero-order valence-electron chi connectivity index (χ0n) is 7.71. The molecule has 70 valence electrons. The minimum atomic E-state index is -0.0194. The Hall–Kier alpha value is -1.09. The van der Waals surface area contributed by atoms with Crippen LogP contribution in [-0.2, 0) is 13.2 Å². The molecule has 1 aromatic heterocycles. The normalized spacial score (nSPS) is 16.0. The van der Waals surface area contributed by atoms with E-state index in [-0.39, 0.29) is 12.5 Å². The van der Waals surface area contributed by atoms with Gasteiger partial charge in [0.05, 0.1) is 0 Å². The van der Waals surface area contributed by atoms with Gasteiger partial charge in [0.2, 0.25) is 0 Å². The minimum absolute atomic E-state index is 0.0194. The molecular weight excluding hydrogens is 166 g/mol. The Kier molecular flexibility index (Phi) is 1.96. The van der Waals surface area contributed by atoms with E-state index in [9.17, 15) is 4.79 Å². The number of nitrogens with zero attached hydrogens (tertiary/aromatic N) is 1. The Morgan fingerprint density at radius 3 is 3.00 bits per heavy atom. The van der Waals surface area contributed by atoms with Crippen LogP contribution in [0.1, 0.15) is 34.6 Å². The molecule has 2 rings (SSSR count). The van der Waals surface area contributed by atoms with Crippen molar-refractivity contribution in [2.45, 2.75) is 32.9 Å². The standard InChI is InChI=1S/C10H13NO2/c1-7-5-8-9(11(7)6-12)3-2-4-10(8)13/h5,12H,2-4,6H2,1H3. The second-order valence-electron chi connectivity index (χ2n) is 3.49. The summed E-state index contributed by atoms with van der Waals surface area (Å²) in [5.74, 6) is 0.219. The van der Waals surface area contributed by atoms with Gasteiger partial charge in [-0.15, -0.1) is 0 Å². The smallest absolute Gasteiger partial charge is 0.164 e. The number of carbonyl (C=O) groups is 1. The van der Waals surface area contributed by atoms with Gasteiger partial charge in [-0.25, -0.2) is 0 Å². The maximum absolute atomic E-state index is 11.5. The Morgan fingerprint density at radius 2 is 2.31 bits per heavy atom. The summed E-state index contributed by atoms with van der Waals surface area (Å²) in [6, 6.07) is 1.88. The number of aryl methyl sites for hydroxylation is 1. The summed E-state index contributed by atoms with van der Waals surface area (Å²) in [6.45, 7) is 1.90. The molecule has 0 unspecified atom stereocenters. The van der Waals surface area contributed by atoms with Crippen LogP contribution < -0.4 is 0 Å². The Morgan fingerprint density at radius 1 is 1.54 bits per heavy atom. The first-order valence-corrected chi connectivity index (χ1v) is 4.57. The van der Waals surface area contributed by atoms with E-state index in [1.54, 1.807) is 0 Å². The van der Waals surface area contributed by atoms with E-state index in [0.717, 1.165) is 29.8 Å². The molecule has 0 amide bonds. The lowest BCUT2D eigenvalue weighted by atomic mass is 9.97. The van der Waals surface area contributed by atoms with Gasteiger partial charge in [-0.2, -0.15) is 0 Å². The summed E-state index contributed by atoms with van der Waals surface area (Å²) in [6.07, 6.45) is 2.48. The molecule has 3 heteroatoms.